The molecule has 0 saturated carbocycles. The van der Waals surface area contributed by atoms with Crippen molar-refractivity contribution >= 4 is 9.05 Å². The number of benzene rings is 4. The standard InChI is InChI=1S/C40H44O12Si/c1-2-32(16-36(3-1)44-24-40-28-48-40)20-52-53(49-17-29-4-10-33(11-5-29)41-21-37-25-45-37,50-18-30-6-12-34(13-7-30)42-22-38-26-46-38)51-19-31-8-14-35(15-9-31)43-23-39-27-47-39/h1-16,37-40H,17-28H2. The van der Waals surface area contributed by atoms with Crippen LogP contribution in [0.1, 0.15) is 22.3 Å². The van der Waals surface area contributed by atoms with E-state index in [1.165, 1.54) is 0 Å². The van der Waals surface area contributed by atoms with Gasteiger partial charge < -0.3 is 55.6 Å². The van der Waals surface area contributed by atoms with Crippen molar-refractivity contribution in [1.82, 2.24) is 0 Å². The molecule has 0 aromatic heterocycles. The summed E-state index contributed by atoms with van der Waals surface area (Å²) in [6.07, 6.45) is 0.687. The molecule has 0 N–H and O–H groups in total. The van der Waals surface area contributed by atoms with Gasteiger partial charge in [0, 0.05) is 0 Å². The molecule has 0 aliphatic carbocycles. The maximum atomic E-state index is 6.64. The lowest BCUT2D eigenvalue weighted by atomic mass is 10.2. The minimum absolute atomic E-state index is 0.152. The van der Waals surface area contributed by atoms with E-state index >= 15 is 0 Å². The highest BCUT2D eigenvalue weighted by molar-refractivity contribution is 6.53. The van der Waals surface area contributed by atoms with E-state index in [1.807, 2.05) is 97.1 Å². The van der Waals surface area contributed by atoms with Crippen molar-refractivity contribution in [3.63, 3.8) is 0 Å². The van der Waals surface area contributed by atoms with Crippen molar-refractivity contribution in [1.29, 1.82) is 0 Å². The topological polar surface area (TPSA) is 124 Å². The van der Waals surface area contributed by atoms with Crippen LogP contribution in [0.2, 0.25) is 0 Å². The molecule has 8 rings (SSSR count). The van der Waals surface area contributed by atoms with E-state index in [0.717, 1.165) is 71.7 Å². The lowest BCUT2D eigenvalue weighted by Gasteiger charge is -2.29. The summed E-state index contributed by atoms with van der Waals surface area (Å²) < 4.78 is 71.0. The third-order valence-electron chi connectivity index (χ3n) is 8.68. The third kappa shape index (κ3) is 12.0. The van der Waals surface area contributed by atoms with E-state index < -0.39 is 9.05 Å². The fourth-order valence-corrected chi connectivity index (χ4v) is 7.00. The monoisotopic (exact) mass is 744 g/mol. The molecule has 4 fully saturated rings. The maximum absolute atomic E-state index is 6.64. The Morgan fingerprint density at radius 1 is 0.396 bits per heavy atom. The number of ether oxygens (including phenoxy) is 8. The molecule has 13 heteroatoms. The summed E-state index contributed by atoms with van der Waals surface area (Å²) in [5.74, 6) is 3.03. The van der Waals surface area contributed by atoms with Gasteiger partial charge in [0.15, 0.2) is 0 Å². The highest BCUT2D eigenvalue weighted by atomic mass is 28.4. The van der Waals surface area contributed by atoms with Crippen molar-refractivity contribution in [2.24, 2.45) is 0 Å². The minimum Gasteiger partial charge on any atom is -0.491 e. The Hall–Kier alpha value is -4.02. The van der Waals surface area contributed by atoms with E-state index in [0.29, 0.717) is 26.4 Å². The summed E-state index contributed by atoms with van der Waals surface area (Å²) in [4.78, 5) is 0. The summed E-state index contributed by atoms with van der Waals surface area (Å²) in [6.45, 7) is 5.80. The third-order valence-corrected chi connectivity index (χ3v) is 10.7. The number of epoxide rings is 4. The van der Waals surface area contributed by atoms with Gasteiger partial charge in [-0.2, -0.15) is 0 Å². The Balaban J connectivity index is 0.987. The average molecular weight is 745 g/mol. The smallest absolute Gasteiger partial charge is 0.491 e. The van der Waals surface area contributed by atoms with Crippen LogP contribution in [0, 0.1) is 0 Å². The normalized spacial score (nSPS) is 22.0. The van der Waals surface area contributed by atoms with Crippen molar-refractivity contribution in [2.45, 2.75) is 50.8 Å². The average Bonchev–Trinajstić information content (AvgIpc) is 3.98. The molecule has 0 bridgehead atoms. The van der Waals surface area contributed by atoms with Crippen LogP contribution in [0.3, 0.4) is 0 Å². The molecule has 4 unspecified atom stereocenters. The molecule has 0 spiro atoms. The fraction of sp³-hybridized carbons (Fsp3) is 0.400. The van der Waals surface area contributed by atoms with E-state index in [9.17, 15) is 0 Å². The summed E-state index contributed by atoms with van der Waals surface area (Å²) >= 11 is 0. The first-order chi connectivity index (χ1) is 26.1. The Labute approximate surface area is 310 Å². The van der Waals surface area contributed by atoms with Crippen LogP contribution in [-0.4, -0.2) is 86.3 Å². The van der Waals surface area contributed by atoms with E-state index in [4.69, 9.17) is 55.6 Å². The van der Waals surface area contributed by atoms with Crippen molar-refractivity contribution < 1.29 is 55.6 Å². The van der Waals surface area contributed by atoms with Crippen LogP contribution in [0.5, 0.6) is 23.0 Å². The summed E-state index contributed by atoms with van der Waals surface area (Å²) in [6, 6.07) is 31.1. The zero-order valence-electron chi connectivity index (χ0n) is 29.4. The van der Waals surface area contributed by atoms with Gasteiger partial charge in [0.1, 0.15) is 73.8 Å². The Kier molecular flexibility index (Phi) is 11.8. The van der Waals surface area contributed by atoms with Crippen LogP contribution in [-0.2, 0) is 63.1 Å². The highest BCUT2D eigenvalue weighted by Gasteiger charge is 2.46. The number of hydrogen-bond acceptors (Lipinski definition) is 12. The molecule has 4 aliphatic rings. The molecular formula is C40H44O12Si. The Morgan fingerprint density at radius 3 is 1.06 bits per heavy atom. The first-order valence-corrected chi connectivity index (χ1v) is 19.6. The molecule has 4 atom stereocenters. The van der Waals surface area contributed by atoms with Crippen molar-refractivity contribution in [3.8, 4) is 23.0 Å². The van der Waals surface area contributed by atoms with Gasteiger partial charge in [-0.15, -0.1) is 0 Å². The molecular weight excluding hydrogens is 701 g/mol. The van der Waals surface area contributed by atoms with E-state index in [1.54, 1.807) is 0 Å². The zero-order chi connectivity index (χ0) is 35.7. The molecule has 4 aliphatic heterocycles. The molecule has 280 valence electrons. The molecule has 0 amide bonds. The van der Waals surface area contributed by atoms with Gasteiger partial charge in [-0.3, -0.25) is 0 Å². The second-order valence-corrected chi connectivity index (χ2v) is 15.5. The van der Waals surface area contributed by atoms with Gasteiger partial charge >= 0.3 is 9.05 Å². The molecule has 0 radical (unpaired) electrons. The van der Waals surface area contributed by atoms with Crippen LogP contribution >= 0.6 is 0 Å². The first kappa shape index (κ1) is 36.0. The van der Waals surface area contributed by atoms with Gasteiger partial charge in [0.2, 0.25) is 0 Å². The SMILES string of the molecule is c1cc(CO[Si](OCc2ccc(OCC3CO3)cc2)(OCc2ccc(OCC3CO3)cc2)OCc2ccc(OCC3CO3)cc2)cc(OCC2CO2)c1. The molecule has 4 aromatic carbocycles. The minimum atomic E-state index is -3.88. The van der Waals surface area contributed by atoms with Crippen LogP contribution in [0.15, 0.2) is 97.1 Å². The molecule has 53 heavy (non-hydrogen) atoms. The summed E-state index contributed by atoms with van der Waals surface area (Å²) in [7, 11) is -3.88. The fourth-order valence-electron chi connectivity index (χ4n) is 5.12. The molecule has 4 saturated heterocycles. The lowest BCUT2D eigenvalue weighted by Crippen LogP contribution is -2.48. The van der Waals surface area contributed by atoms with E-state index in [-0.39, 0.29) is 50.8 Å². The number of rotatable bonds is 24. The van der Waals surface area contributed by atoms with Gasteiger partial charge in [0.25, 0.3) is 0 Å². The summed E-state index contributed by atoms with van der Waals surface area (Å²) in [5.41, 5.74) is 3.61. The van der Waals surface area contributed by atoms with Crippen LogP contribution in [0.4, 0.5) is 0 Å². The zero-order valence-corrected chi connectivity index (χ0v) is 30.4. The highest BCUT2D eigenvalue weighted by Crippen LogP contribution is 2.26. The predicted octanol–water partition coefficient (Wildman–Crippen LogP) is 5.40. The number of hydrogen-bond donors (Lipinski definition) is 0. The van der Waals surface area contributed by atoms with Gasteiger partial charge in [0.05, 0.1) is 52.9 Å². The van der Waals surface area contributed by atoms with Gasteiger partial charge in [-0.1, -0.05) is 48.5 Å². The van der Waals surface area contributed by atoms with E-state index in [2.05, 4.69) is 0 Å². The quantitative estimate of drug-likeness (QED) is 0.0675. The molecule has 4 heterocycles. The largest absolute Gasteiger partial charge is 0.680 e. The first-order valence-electron chi connectivity index (χ1n) is 18.0. The van der Waals surface area contributed by atoms with Gasteiger partial charge in [-0.05, 0) is 70.8 Å². The van der Waals surface area contributed by atoms with Crippen LogP contribution in [0.25, 0.3) is 0 Å². The molecule has 12 nitrogen and oxygen atoms in total. The predicted molar refractivity (Wildman–Crippen MR) is 192 cm³/mol. The van der Waals surface area contributed by atoms with Crippen LogP contribution < -0.4 is 18.9 Å². The molecule has 4 aromatic rings. The second-order valence-electron chi connectivity index (χ2n) is 13.3. The van der Waals surface area contributed by atoms with Gasteiger partial charge in [-0.25, -0.2) is 0 Å². The lowest BCUT2D eigenvalue weighted by molar-refractivity contribution is -0.0521. The Morgan fingerprint density at radius 2 is 0.717 bits per heavy atom. The Bertz CT molecular complexity index is 1570. The van der Waals surface area contributed by atoms with Crippen molar-refractivity contribution in [3.05, 3.63) is 119 Å². The maximum Gasteiger partial charge on any atom is 0.680 e. The van der Waals surface area contributed by atoms with Crippen molar-refractivity contribution in [2.75, 3.05) is 52.9 Å². The summed E-state index contributed by atoms with van der Waals surface area (Å²) in [5, 5.41) is 0. The second kappa shape index (κ2) is 17.4.